The molecule has 0 aliphatic rings. The molecule has 0 spiro atoms. The van der Waals surface area contributed by atoms with E-state index in [0.29, 0.717) is 12.4 Å². The van der Waals surface area contributed by atoms with Gasteiger partial charge in [0.15, 0.2) is 0 Å². The maximum atomic E-state index is 11.0. The van der Waals surface area contributed by atoms with Crippen LogP contribution in [-0.2, 0) is 4.79 Å². The maximum absolute atomic E-state index is 11.0. The summed E-state index contributed by atoms with van der Waals surface area (Å²) in [5.41, 5.74) is 0. The number of aliphatic carboxylic acids is 1. The SMILES string of the molecule is CC(C)C(CSCCCOc1ccccc1)C(=O)O. The highest BCUT2D eigenvalue weighted by Gasteiger charge is 2.20. The third-order valence-corrected chi connectivity index (χ3v) is 4.04. The number of carboxylic acids is 1. The summed E-state index contributed by atoms with van der Waals surface area (Å²) < 4.78 is 5.58. The first-order valence-corrected chi connectivity index (χ1v) is 7.75. The minimum Gasteiger partial charge on any atom is -0.494 e. The van der Waals surface area contributed by atoms with Gasteiger partial charge >= 0.3 is 5.97 Å². The van der Waals surface area contributed by atoms with Crippen molar-refractivity contribution in [2.75, 3.05) is 18.1 Å². The topological polar surface area (TPSA) is 46.5 Å². The van der Waals surface area contributed by atoms with E-state index in [2.05, 4.69) is 0 Å². The van der Waals surface area contributed by atoms with Gasteiger partial charge in [-0.25, -0.2) is 0 Å². The van der Waals surface area contributed by atoms with Crippen LogP contribution in [0.1, 0.15) is 20.3 Å². The van der Waals surface area contributed by atoms with Crippen LogP contribution in [0.5, 0.6) is 5.75 Å². The number of carboxylic acid groups (broad SMARTS) is 1. The second-order valence-corrected chi connectivity index (χ2v) is 5.93. The molecule has 0 aliphatic carbocycles. The average molecular weight is 282 g/mol. The fourth-order valence-corrected chi connectivity index (χ4v) is 2.90. The van der Waals surface area contributed by atoms with Crippen molar-refractivity contribution in [3.8, 4) is 5.75 Å². The Morgan fingerprint density at radius 2 is 2.00 bits per heavy atom. The third-order valence-electron chi connectivity index (χ3n) is 2.86. The molecule has 4 heteroatoms. The molecule has 106 valence electrons. The number of carbonyl (C=O) groups is 1. The van der Waals surface area contributed by atoms with Gasteiger partial charge in [-0.3, -0.25) is 4.79 Å². The predicted octanol–water partition coefficient (Wildman–Crippen LogP) is 3.55. The molecule has 1 atom stereocenters. The van der Waals surface area contributed by atoms with E-state index in [9.17, 15) is 4.79 Å². The van der Waals surface area contributed by atoms with Gasteiger partial charge in [0.05, 0.1) is 12.5 Å². The second kappa shape index (κ2) is 8.86. The Morgan fingerprint density at radius 3 is 2.58 bits per heavy atom. The Hall–Kier alpha value is -1.16. The molecule has 1 aromatic rings. The van der Waals surface area contributed by atoms with Crippen molar-refractivity contribution in [1.29, 1.82) is 0 Å². The lowest BCUT2D eigenvalue weighted by atomic mass is 9.98. The van der Waals surface area contributed by atoms with E-state index < -0.39 is 5.97 Å². The highest BCUT2D eigenvalue weighted by molar-refractivity contribution is 7.99. The molecular weight excluding hydrogens is 260 g/mol. The Bertz CT molecular complexity index is 365. The number of rotatable bonds is 9. The summed E-state index contributed by atoms with van der Waals surface area (Å²) in [6.07, 6.45) is 0.935. The zero-order valence-corrected chi connectivity index (χ0v) is 12.4. The Labute approximate surface area is 119 Å². The van der Waals surface area contributed by atoms with Gasteiger partial charge in [-0.05, 0) is 30.2 Å². The van der Waals surface area contributed by atoms with E-state index in [4.69, 9.17) is 9.84 Å². The molecular formula is C15H22O3S. The number of hydrogen-bond acceptors (Lipinski definition) is 3. The van der Waals surface area contributed by atoms with Crippen molar-refractivity contribution in [3.05, 3.63) is 30.3 Å². The zero-order valence-electron chi connectivity index (χ0n) is 11.5. The molecule has 0 fully saturated rings. The molecule has 0 saturated carbocycles. The highest BCUT2D eigenvalue weighted by atomic mass is 32.2. The number of para-hydroxylation sites is 1. The van der Waals surface area contributed by atoms with E-state index in [1.807, 2.05) is 44.2 Å². The fourth-order valence-electron chi connectivity index (χ4n) is 1.63. The number of benzene rings is 1. The molecule has 0 saturated heterocycles. The molecule has 0 aromatic heterocycles. The van der Waals surface area contributed by atoms with Crippen LogP contribution in [-0.4, -0.2) is 29.2 Å². The number of thioether (sulfide) groups is 1. The summed E-state index contributed by atoms with van der Waals surface area (Å²) >= 11 is 1.69. The van der Waals surface area contributed by atoms with Crippen molar-refractivity contribution in [1.82, 2.24) is 0 Å². The smallest absolute Gasteiger partial charge is 0.307 e. The summed E-state index contributed by atoms with van der Waals surface area (Å²) in [4.78, 5) is 11.0. The highest BCUT2D eigenvalue weighted by Crippen LogP contribution is 2.18. The molecule has 0 amide bonds. The molecule has 19 heavy (non-hydrogen) atoms. The summed E-state index contributed by atoms with van der Waals surface area (Å²) in [5, 5.41) is 9.06. The van der Waals surface area contributed by atoms with Gasteiger partial charge in [0.1, 0.15) is 5.75 Å². The van der Waals surface area contributed by atoms with Crippen molar-refractivity contribution >= 4 is 17.7 Å². The van der Waals surface area contributed by atoms with Crippen LogP contribution < -0.4 is 4.74 Å². The first kappa shape index (κ1) is 15.9. The van der Waals surface area contributed by atoms with E-state index in [1.54, 1.807) is 11.8 Å². The van der Waals surface area contributed by atoms with Crippen molar-refractivity contribution in [2.45, 2.75) is 20.3 Å². The second-order valence-electron chi connectivity index (χ2n) is 4.78. The van der Waals surface area contributed by atoms with Gasteiger partial charge in [-0.1, -0.05) is 32.0 Å². The lowest BCUT2D eigenvalue weighted by Gasteiger charge is -2.15. The van der Waals surface area contributed by atoms with Gasteiger partial charge in [-0.15, -0.1) is 0 Å². The van der Waals surface area contributed by atoms with Gasteiger partial charge in [0, 0.05) is 5.75 Å². The number of hydrogen-bond donors (Lipinski definition) is 1. The largest absolute Gasteiger partial charge is 0.494 e. The molecule has 0 radical (unpaired) electrons. The quantitative estimate of drug-likeness (QED) is 0.704. The van der Waals surface area contributed by atoms with E-state index in [1.165, 1.54) is 0 Å². The average Bonchev–Trinajstić information content (AvgIpc) is 2.38. The van der Waals surface area contributed by atoms with Crippen LogP contribution in [0.2, 0.25) is 0 Å². The van der Waals surface area contributed by atoms with Crippen molar-refractivity contribution in [3.63, 3.8) is 0 Å². The summed E-state index contributed by atoms with van der Waals surface area (Å²) in [7, 11) is 0. The van der Waals surface area contributed by atoms with Crippen LogP contribution in [0.3, 0.4) is 0 Å². The van der Waals surface area contributed by atoms with E-state index in [-0.39, 0.29) is 11.8 Å². The Balaban J connectivity index is 2.09. The van der Waals surface area contributed by atoms with E-state index >= 15 is 0 Å². The van der Waals surface area contributed by atoms with Crippen LogP contribution in [0.4, 0.5) is 0 Å². The third kappa shape index (κ3) is 6.53. The lowest BCUT2D eigenvalue weighted by molar-refractivity contribution is -0.142. The lowest BCUT2D eigenvalue weighted by Crippen LogP contribution is -2.22. The first-order chi connectivity index (χ1) is 9.11. The van der Waals surface area contributed by atoms with Crippen LogP contribution >= 0.6 is 11.8 Å². The summed E-state index contributed by atoms with van der Waals surface area (Å²) in [5.74, 6) is 1.74. The Morgan fingerprint density at radius 1 is 1.32 bits per heavy atom. The monoisotopic (exact) mass is 282 g/mol. The minimum atomic E-state index is -0.692. The van der Waals surface area contributed by atoms with Crippen LogP contribution in [0.25, 0.3) is 0 Å². The standard InChI is InChI=1S/C15H22O3S/c1-12(2)14(15(16)17)11-19-10-6-9-18-13-7-4-3-5-8-13/h3-5,7-8,12,14H,6,9-11H2,1-2H3,(H,16,17). The maximum Gasteiger partial charge on any atom is 0.307 e. The number of ether oxygens (including phenoxy) is 1. The van der Waals surface area contributed by atoms with Crippen LogP contribution in [0, 0.1) is 11.8 Å². The van der Waals surface area contributed by atoms with Gasteiger partial charge in [-0.2, -0.15) is 11.8 Å². The fraction of sp³-hybridized carbons (Fsp3) is 0.533. The molecule has 1 aromatic carbocycles. The minimum absolute atomic E-state index is 0.186. The predicted molar refractivity (Wildman–Crippen MR) is 79.8 cm³/mol. The molecule has 1 N–H and O–H groups in total. The normalized spacial score (nSPS) is 12.4. The van der Waals surface area contributed by atoms with E-state index in [0.717, 1.165) is 17.9 Å². The van der Waals surface area contributed by atoms with Crippen molar-refractivity contribution < 1.29 is 14.6 Å². The van der Waals surface area contributed by atoms with Gasteiger partial charge < -0.3 is 9.84 Å². The summed E-state index contributed by atoms with van der Waals surface area (Å²) in [6, 6.07) is 9.73. The molecule has 0 aliphatic heterocycles. The van der Waals surface area contributed by atoms with Gasteiger partial charge in [0.25, 0.3) is 0 Å². The first-order valence-electron chi connectivity index (χ1n) is 6.59. The molecule has 1 rings (SSSR count). The molecule has 0 heterocycles. The Kier molecular flexibility index (Phi) is 7.41. The van der Waals surface area contributed by atoms with Gasteiger partial charge in [0.2, 0.25) is 0 Å². The van der Waals surface area contributed by atoms with Crippen molar-refractivity contribution in [2.24, 2.45) is 11.8 Å². The molecule has 1 unspecified atom stereocenters. The zero-order chi connectivity index (χ0) is 14.1. The van der Waals surface area contributed by atoms with Crippen LogP contribution in [0.15, 0.2) is 30.3 Å². The molecule has 0 bridgehead atoms. The molecule has 3 nitrogen and oxygen atoms in total. The summed E-state index contributed by atoms with van der Waals surface area (Å²) in [6.45, 7) is 4.59.